The number of carbonyl (C=O) groups excluding carboxylic acids is 1. The van der Waals surface area contributed by atoms with E-state index in [4.69, 9.17) is 10.5 Å². The Morgan fingerprint density at radius 2 is 2.00 bits per heavy atom. The lowest BCUT2D eigenvalue weighted by Crippen LogP contribution is -2.10. The van der Waals surface area contributed by atoms with E-state index in [1.165, 1.54) is 12.1 Å². The molecule has 0 saturated heterocycles. The molecule has 14 heavy (non-hydrogen) atoms. The predicted molar refractivity (Wildman–Crippen MR) is 49.9 cm³/mol. The van der Waals surface area contributed by atoms with Gasteiger partial charge in [-0.25, -0.2) is 4.39 Å². The topological polar surface area (TPSA) is 52.3 Å². The summed E-state index contributed by atoms with van der Waals surface area (Å²) >= 11 is 0. The maximum atomic E-state index is 12.5. The van der Waals surface area contributed by atoms with Crippen molar-refractivity contribution in [3.8, 4) is 0 Å². The van der Waals surface area contributed by atoms with Gasteiger partial charge < -0.3 is 10.5 Å². The van der Waals surface area contributed by atoms with Crippen LogP contribution in [0.2, 0.25) is 0 Å². The van der Waals surface area contributed by atoms with E-state index in [1.807, 2.05) is 0 Å². The number of hydrogen-bond acceptors (Lipinski definition) is 3. The van der Waals surface area contributed by atoms with Crippen LogP contribution in [0.15, 0.2) is 24.3 Å². The Hall–Kier alpha value is -1.42. The van der Waals surface area contributed by atoms with Gasteiger partial charge in [0.2, 0.25) is 0 Å². The first-order valence-corrected chi connectivity index (χ1v) is 4.32. The molecule has 0 aliphatic heterocycles. The molecule has 0 unspecified atom stereocenters. The Morgan fingerprint density at radius 1 is 1.36 bits per heavy atom. The van der Waals surface area contributed by atoms with E-state index in [0.29, 0.717) is 0 Å². The van der Waals surface area contributed by atoms with Gasteiger partial charge in [0.1, 0.15) is 12.4 Å². The molecule has 2 N–H and O–H groups in total. The standard InChI is InChI=1S/C10H12FNO2/c11-9-3-1-8(2-4-9)7-14-10(13)5-6-12/h1-4H,5-7,12H2. The summed E-state index contributed by atoms with van der Waals surface area (Å²) in [6.45, 7) is 0.446. The molecule has 1 aromatic rings. The molecule has 0 radical (unpaired) electrons. The minimum Gasteiger partial charge on any atom is -0.461 e. The highest BCUT2D eigenvalue weighted by Gasteiger charge is 2.01. The zero-order chi connectivity index (χ0) is 10.4. The van der Waals surface area contributed by atoms with Crippen LogP contribution in [-0.2, 0) is 16.1 Å². The first kappa shape index (κ1) is 10.7. The van der Waals surface area contributed by atoms with Crippen molar-refractivity contribution in [1.82, 2.24) is 0 Å². The van der Waals surface area contributed by atoms with Crippen LogP contribution >= 0.6 is 0 Å². The molecule has 0 heterocycles. The number of esters is 1. The SMILES string of the molecule is NCCC(=O)OCc1ccc(F)cc1. The molecule has 0 bridgehead atoms. The molecular weight excluding hydrogens is 185 g/mol. The summed E-state index contributed by atoms with van der Waals surface area (Å²) in [6, 6.07) is 5.80. The Bertz CT molecular complexity index is 297. The number of rotatable bonds is 4. The fourth-order valence-electron chi connectivity index (χ4n) is 0.934. The monoisotopic (exact) mass is 197 g/mol. The number of benzene rings is 1. The Labute approximate surface area is 81.7 Å². The van der Waals surface area contributed by atoms with Gasteiger partial charge in [0.15, 0.2) is 0 Å². The zero-order valence-corrected chi connectivity index (χ0v) is 7.70. The molecule has 76 valence electrons. The van der Waals surface area contributed by atoms with Crippen molar-refractivity contribution in [1.29, 1.82) is 0 Å². The van der Waals surface area contributed by atoms with Crippen LogP contribution in [0.1, 0.15) is 12.0 Å². The van der Waals surface area contributed by atoms with Crippen molar-refractivity contribution in [2.24, 2.45) is 5.73 Å². The van der Waals surface area contributed by atoms with Crippen LogP contribution in [-0.4, -0.2) is 12.5 Å². The van der Waals surface area contributed by atoms with Crippen LogP contribution < -0.4 is 5.73 Å². The van der Waals surface area contributed by atoms with Crippen LogP contribution in [0.5, 0.6) is 0 Å². The summed E-state index contributed by atoms with van der Waals surface area (Å²) in [7, 11) is 0. The highest BCUT2D eigenvalue weighted by molar-refractivity contribution is 5.69. The minimum absolute atomic E-state index is 0.166. The molecule has 0 atom stereocenters. The van der Waals surface area contributed by atoms with Crippen molar-refractivity contribution in [2.75, 3.05) is 6.54 Å². The second-order valence-electron chi connectivity index (χ2n) is 2.83. The molecular formula is C10H12FNO2. The predicted octanol–water partition coefficient (Wildman–Crippen LogP) is 1.22. The van der Waals surface area contributed by atoms with E-state index < -0.39 is 0 Å². The van der Waals surface area contributed by atoms with Crippen molar-refractivity contribution in [2.45, 2.75) is 13.0 Å². The van der Waals surface area contributed by atoms with E-state index in [1.54, 1.807) is 12.1 Å². The second kappa shape index (κ2) is 5.34. The van der Waals surface area contributed by atoms with Gasteiger partial charge in [0, 0.05) is 6.54 Å². The molecule has 0 aliphatic rings. The molecule has 0 aliphatic carbocycles. The third kappa shape index (κ3) is 3.53. The van der Waals surface area contributed by atoms with Crippen LogP contribution in [0.25, 0.3) is 0 Å². The number of carbonyl (C=O) groups is 1. The lowest BCUT2D eigenvalue weighted by molar-refractivity contribution is -0.144. The fourth-order valence-corrected chi connectivity index (χ4v) is 0.934. The van der Waals surface area contributed by atoms with Gasteiger partial charge in [-0.2, -0.15) is 0 Å². The van der Waals surface area contributed by atoms with Gasteiger partial charge in [-0.1, -0.05) is 12.1 Å². The smallest absolute Gasteiger partial charge is 0.307 e. The summed E-state index contributed by atoms with van der Waals surface area (Å²) in [5.41, 5.74) is 5.93. The Morgan fingerprint density at radius 3 is 2.57 bits per heavy atom. The summed E-state index contributed by atoms with van der Waals surface area (Å²) in [5.74, 6) is -0.640. The maximum absolute atomic E-state index is 12.5. The molecule has 0 saturated carbocycles. The van der Waals surface area contributed by atoms with Gasteiger partial charge in [0.25, 0.3) is 0 Å². The molecule has 4 heteroatoms. The largest absolute Gasteiger partial charge is 0.461 e. The van der Waals surface area contributed by atoms with E-state index in [2.05, 4.69) is 0 Å². The Balaban J connectivity index is 2.38. The third-order valence-electron chi connectivity index (χ3n) is 1.66. The normalized spacial score (nSPS) is 9.86. The lowest BCUT2D eigenvalue weighted by atomic mass is 10.2. The highest BCUT2D eigenvalue weighted by atomic mass is 19.1. The van der Waals surface area contributed by atoms with Gasteiger partial charge >= 0.3 is 5.97 Å². The molecule has 3 nitrogen and oxygen atoms in total. The molecule has 1 rings (SSSR count). The van der Waals surface area contributed by atoms with Crippen molar-refractivity contribution in [3.05, 3.63) is 35.6 Å². The first-order valence-electron chi connectivity index (χ1n) is 4.32. The molecule has 1 aromatic carbocycles. The van der Waals surface area contributed by atoms with Crippen LogP contribution in [0.3, 0.4) is 0 Å². The quantitative estimate of drug-likeness (QED) is 0.738. The number of halogens is 1. The number of ether oxygens (including phenoxy) is 1. The first-order chi connectivity index (χ1) is 6.72. The zero-order valence-electron chi connectivity index (χ0n) is 7.70. The van der Waals surface area contributed by atoms with Crippen molar-refractivity contribution in [3.63, 3.8) is 0 Å². The highest BCUT2D eigenvalue weighted by Crippen LogP contribution is 2.04. The van der Waals surface area contributed by atoms with E-state index in [9.17, 15) is 9.18 Å². The second-order valence-corrected chi connectivity index (χ2v) is 2.83. The van der Waals surface area contributed by atoms with Gasteiger partial charge in [-0.15, -0.1) is 0 Å². The Kier molecular flexibility index (Phi) is 4.07. The fraction of sp³-hybridized carbons (Fsp3) is 0.300. The molecule has 0 fully saturated rings. The maximum Gasteiger partial charge on any atom is 0.307 e. The van der Waals surface area contributed by atoms with Crippen LogP contribution in [0.4, 0.5) is 4.39 Å². The lowest BCUT2D eigenvalue weighted by Gasteiger charge is -2.03. The number of nitrogens with two attached hydrogens (primary N) is 1. The minimum atomic E-state index is -0.336. The average Bonchev–Trinajstić information content (AvgIpc) is 2.17. The summed E-state index contributed by atoms with van der Waals surface area (Å²) in [6.07, 6.45) is 0.210. The third-order valence-corrected chi connectivity index (χ3v) is 1.66. The van der Waals surface area contributed by atoms with E-state index in [-0.39, 0.29) is 31.4 Å². The molecule has 0 amide bonds. The summed E-state index contributed by atoms with van der Waals surface area (Å²) < 4.78 is 17.3. The summed E-state index contributed by atoms with van der Waals surface area (Å²) in [5, 5.41) is 0. The van der Waals surface area contributed by atoms with Gasteiger partial charge in [0.05, 0.1) is 6.42 Å². The van der Waals surface area contributed by atoms with Crippen molar-refractivity contribution < 1.29 is 13.9 Å². The molecule has 0 spiro atoms. The van der Waals surface area contributed by atoms with Gasteiger partial charge in [-0.3, -0.25) is 4.79 Å². The number of hydrogen-bond donors (Lipinski definition) is 1. The van der Waals surface area contributed by atoms with E-state index >= 15 is 0 Å². The van der Waals surface area contributed by atoms with Gasteiger partial charge in [-0.05, 0) is 17.7 Å². The summed E-state index contributed by atoms with van der Waals surface area (Å²) in [4.78, 5) is 10.9. The van der Waals surface area contributed by atoms with E-state index in [0.717, 1.165) is 5.56 Å². The molecule has 0 aromatic heterocycles. The van der Waals surface area contributed by atoms with Crippen molar-refractivity contribution >= 4 is 5.97 Å². The average molecular weight is 197 g/mol. The van der Waals surface area contributed by atoms with Crippen LogP contribution in [0, 0.1) is 5.82 Å².